The summed E-state index contributed by atoms with van der Waals surface area (Å²) in [5, 5.41) is 11.4. The van der Waals surface area contributed by atoms with Crippen molar-refractivity contribution >= 4 is 51.8 Å². The number of carboxylic acids is 1. The van der Waals surface area contributed by atoms with Gasteiger partial charge in [0, 0.05) is 25.9 Å². The van der Waals surface area contributed by atoms with Crippen molar-refractivity contribution in [3.63, 3.8) is 0 Å². The summed E-state index contributed by atoms with van der Waals surface area (Å²) >= 11 is 13.9. The van der Waals surface area contributed by atoms with Crippen molar-refractivity contribution in [1.82, 2.24) is 4.57 Å². The fraction of sp³-hybridized carbons (Fsp3) is 0.118. The Morgan fingerprint density at radius 1 is 1.17 bits per heavy atom. The molecule has 0 saturated carbocycles. The standard InChI is InChI=1S/C17H13Cl2NO2S/c1-10-17(23-12-7-5-11(18)6-8-12)16-13(19)3-2-4-14(16)20(10)9-15(21)22/h2-8H,9H2,1H3,(H,21,22). The molecular weight excluding hydrogens is 353 g/mol. The summed E-state index contributed by atoms with van der Waals surface area (Å²) in [6, 6.07) is 13.1. The van der Waals surface area contributed by atoms with Crippen LogP contribution in [0.25, 0.3) is 10.9 Å². The van der Waals surface area contributed by atoms with Crippen LogP contribution in [0.3, 0.4) is 0 Å². The normalized spacial score (nSPS) is 11.1. The van der Waals surface area contributed by atoms with Gasteiger partial charge in [-0.2, -0.15) is 0 Å². The first-order valence-corrected chi connectivity index (χ1v) is 8.47. The summed E-state index contributed by atoms with van der Waals surface area (Å²) < 4.78 is 1.78. The maximum atomic E-state index is 11.2. The van der Waals surface area contributed by atoms with Crippen molar-refractivity contribution in [2.45, 2.75) is 23.3 Å². The number of carboxylic acid groups (broad SMARTS) is 1. The molecule has 118 valence electrons. The Labute approximate surface area is 147 Å². The minimum absolute atomic E-state index is 0.0934. The Morgan fingerprint density at radius 3 is 2.52 bits per heavy atom. The third-order valence-electron chi connectivity index (χ3n) is 3.57. The summed E-state index contributed by atoms with van der Waals surface area (Å²) in [5.74, 6) is -0.881. The fourth-order valence-electron chi connectivity index (χ4n) is 2.53. The van der Waals surface area contributed by atoms with Gasteiger partial charge in [0.05, 0.1) is 10.5 Å². The van der Waals surface area contributed by atoms with Gasteiger partial charge in [-0.25, -0.2) is 0 Å². The Bertz CT molecular complexity index is 888. The Kier molecular flexibility index (Phi) is 4.57. The van der Waals surface area contributed by atoms with Crippen LogP contribution >= 0.6 is 35.0 Å². The van der Waals surface area contributed by atoms with E-state index in [9.17, 15) is 9.90 Å². The van der Waals surface area contributed by atoms with Gasteiger partial charge in [0.1, 0.15) is 6.54 Å². The predicted octanol–water partition coefficient (Wildman–Crippen LogP) is 5.49. The molecule has 6 heteroatoms. The summed E-state index contributed by atoms with van der Waals surface area (Å²) in [5.41, 5.74) is 1.71. The molecule has 0 bridgehead atoms. The number of aliphatic carboxylic acids is 1. The van der Waals surface area contributed by atoms with Gasteiger partial charge in [0.25, 0.3) is 0 Å². The fourth-order valence-corrected chi connectivity index (χ4v) is 4.06. The first-order valence-electron chi connectivity index (χ1n) is 6.90. The molecule has 0 aliphatic carbocycles. The van der Waals surface area contributed by atoms with Gasteiger partial charge < -0.3 is 9.67 Å². The molecule has 1 N–H and O–H groups in total. The molecule has 0 aliphatic heterocycles. The first kappa shape index (κ1) is 16.2. The zero-order valence-electron chi connectivity index (χ0n) is 12.2. The van der Waals surface area contributed by atoms with Crippen LogP contribution in [0.15, 0.2) is 52.3 Å². The lowest BCUT2D eigenvalue weighted by Crippen LogP contribution is -2.09. The Balaban J connectivity index is 2.17. The molecule has 3 aromatic rings. The molecule has 3 rings (SSSR count). The van der Waals surface area contributed by atoms with Gasteiger partial charge in [-0.1, -0.05) is 41.0 Å². The van der Waals surface area contributed by atoms with E-state index in [0.29, 0.717) is 10.0 Å². The topological polar surface area (TPSA) is 42.2 Å². The van der Waals surface area contributed by atoms with E-state index in [0.717, 1.165) is 26.4 Å². The van der Waals surface area contributed by atoms with Gasteiger partial charge in [0.2, 0.25) is 0 Å². The van der Waals surface area contributed by atoms with Crippen molar-refractivity contribution in [3.05, 3.63) is 58.2 Å². The largest absolute Gasteiger partial charge is 0.480 e. The van der Waals surface area contributed by atoms with E-state index in [1.165, 1.54) is 0 Å². The highest BCUT2D eigenvalue weighted by Crippen LogP contribution is 2.41. The quantitative estimate of drug-likeness (QED) is 0.664. The van der Waals surface area contributed by atoms with Crippen LogP contribution in [0.2, 0.25) is 10.0 Å². The van der Waals surface area contributed by atoms with Gasteiger partial charge in [-0.05, 0) is 43.3 Å². The average molecular weight is 366 g/mol. The monoisotopic (exact) mass is 365 g/mol. The minimum atomic E-state index is -0.881. The van der Waals surface area contributed by atoms with E-state index in [1.807, 2.05) is 49.4 Å². The van der Waals surface area contributed by atoms with E-state index in [1.54, 1.807) is 16.3 Å². The average Bonchev–Trinajstić information content (AvgIpc) is 2.76. The molecule has 0 amide bonds. The molecule has 0 radical (unpaired) electrons. The molecular formula is C17H13Cl2NO2S. The van der Waals surface area contributed by atoms with Crippen molar-refractivity contribution in [2.75, 3.05) is 0 Å². The lowest BCUT2D eigenvalue weighted by atomic mass is 10.2. The first-order chi connectivity index (χ1) is 11.0. The van der Waals surface area contributed by atoms with Crippen LogP contribution in [0, 0.1) is 6.92 Å². The number of nitrogens with zero attached hydrogens (tertiary/aromatic N) is 1. The molecule has 0 fully saturated rings. The zero-order chi connectivity index (χ0) is 16.6. The van der Waals surface area contributed by atoms with Crippen LogP contribution in [0.4, 0.5) is 0 Å². The van der Waals surface area contributed by atoms with E-state index in [4.69, 9.17) is 23.2 Å². The summed E-state index contributed by atoms with van der Waals surface area (Å²) in [7, 11) is 0. The Morgan fingerprint density at radius 2 is 1.87 bits per heavy atom. The lowest BCUT2D eigenvalue weighted by molar-refractivity contribution is -0.137. The van der Waals surface area contributed by atoms with E-state index in [-0.39, 0.29) is 6.54 Å². The highest BCUT2D eigenvalue weighted by atomic mass is 35.5. The molecule has 0 atom stereocenters. The maximum absolute atomic E-state index is 11.2. The third kappa shape index (κ3) is 3.20. The summed E-state index contributed by atoms with van der Waals surface area (Å²) in [6.45, 7) is 1.82. The lowest BCUT2D eigenvalue weighted by Gasteiger charge is -2.05. The third-order valence-corrected chi connectivity index (χ3v) is 5.35. The van der Waals surface area contributed by atoms with Crippen molar-refractivity contribution in [2.24, 2.45) is 0 Å². The van der Waals surface area contributed by atoms with Gasteiger partial charge in [-0.3, -0.25) is 4.79 Å². The van der Waals surface area contributed by atoms with Crippen LogP contribution in [0.1, 0.15) is 5.69 Å². The molecule has 2 aromatic carbocycles. The molecule has 0 unspecified atom stereocenters. The predicted molar refractivity (Wildman–Crippen MR) is 94.9 cm³/mol. The minimum Gasteiger partial charge on any atom is -0.480 e. The van der Waals surface area contributed by atoms with Gasteiger partial charge in [0.15, 0.2) is 0 Å². The zero-order valence-corrected chi connectivity index (χ0v) is 14.5. The molecule has 0 aliphatic rings. The Hall–Kier alpha value is -1.62. The second-order valence-electron chi connectivity index (χ2n) is 5.08. The molecule has 1 aromatic heterocycles. The number of benzene rings is 2. The van der Waals surface area contributed by atoms with Gasteiger partial charge >= 0.3 is 5.97 Å². The van der Waals surface area contributed by atoms with Crippen LogP contribution < -0.4 is 0 Å². The number of rotatable bonds is 4. The molecule has 0 saturated heterocycles. The second-order valence-corrected chi connectivity index (χ2v) is 7.01. The van der Waals surface area contributed by atoms with E-state index < -0.39 is 5.97 Å². The SMILES string of the molecule is Cc1c(Sc2ccc(Cl)cc2)c2c(Cl)cccc2n1CC(=O)O. The smallest absolute Gasteiger partial charge is 0.323 e. The van der Waals surface area contributed by atoms with Gasteiger partial charge in [-0.15, -0.1) is 0 Å². The number of fused-ring (bicyclic) bond motifs is 1. The molecule has 3 nitrogen and oxygen atoms in total. The number of carbonyl (C=O) groups is 1. The number of halogens is 2. The summed E-state index contributed by atoms with van der Waals surface area (Å²) in [4.78, 5) is 13.2. The maximum Gasteiger partial charge on any atom is 0.323 e. The highest BCUT2D eigenvalue weighted by molar-refractivity contribution is 7.99. The van der Waals surface area contributed by atoms with Crippen LogP contribution in [-0.4, -0.2) is 15.6 Å². The van der Waals surface area contributed by atoms with Crippen molar-refractivity contribution in [3.8, 4) is 0 Å². The number of aromatic nitrogens is 1. The second kappa shape index (κ2) is 6.48. The number of hydrogen-bond acceptors (Lipinski definition) is 2. The number of hydrogen-bond donors (Lipinski definition) is 1. The summed E-state index contributed by atoms with van der Waals surface area (Å²) in [6.07, 6.45) is 0. The molecule has 23 heavy (non-hydrogen) atoms. The van der Waals surface area contributed by atoms with E-state index >= 15 is 0 Å². The van der Waals surface area contributed by atoms with Crippen LogP contribution in [0.5, 0.6) is 0 Å². The van der Waals surface area contributed by atoms with Crippen molar-refractivity contribution < 1.29 is 9.90 Å². The van der Waals surface area contributed by atoms with Crippen molar-refractivity contribution in [1.29, 1.82) is 0 Å². The van der Waals surface area contributed by atoms with Crippen LogP contribution in [-0.2, 0) is 11.3 Å². The van der Waals surface area contributed by atoms with E-state index in [2.05, 4.69) is 0 Å². The molecule has 1 heterocycles. The highest BCUT2D eigenvalue weighted by Gasteiger charge is 2.18. The molecule has 0 spiro atoms.